The summed E-state index contributed by atoms with van der Waals surface area (Å²) in [6.45, 7) is 4.55. The smallest absolute Gasteiger partial charge is 0.0488 e. The monoisotopic (exact) mass is 144 g/mol. The minimum atomic E-state index is 0.316. The maximum atomic E-state index is 5.69. The Morgan fingerprint density at radius 2 is 2.40 bits per heavy atom. The molecule has 0 aromatic rings. The van der Waals surface area contributed by atoms with Crippen molar-refractivity contribution in [1.82, 2.24) is 10.3 Å². The van der Waals surface area contributed by atoms with Gasteiger partial charge in [-0.1, -0.05) is 0 Å². The van der Waals surface area contributed by atoms with E-state index in [1.165, 1.54) is 0 Å². The van der Waals surface area contributed by atoms with Gasteiger partial charge in [0.1, 0.15) is 0 Å². The highest BCUT2D eigenvalue weighted by molar-refractivity contribution is 4.81. The summed E-state index contributed by atoms with van der Waals surface area (Å²) in [7, 11) is 0. The molecule has 0 amide bonds. The molecule has 1 saturated heterocycles. The number of piperazine rings is 1. The fourth-order valence-electron chi connectivity index (χ4n) is 1.20. The van der Waals surface area contributed by atoms with Crippen molar-refractivity contribution in [1.29, 1.82) is 0 Å². The molecule has 0 saturated carbocycles. The van der Waals surface area contributed by atoms with Gasteiger partial charge < -0.3 is 11.1 Å². The molecule has 5 N–H and O–H groups in total. The number of nitrogens with two attached hydrogens (primary N) is 2. The second-order valence-electron chi connectivity index (χ2n) is 2.90. The zero-order valence-corrected chi connectivity index (χ0v) is 6.38. The van der Waals surface area contributed by atoms with Gasteiger partial charge >= 0.3 is 0 Å². The van der Waals surface area contributed by atoms with Crippen molar-refractivity contribution in [2.24, 2.45) is 11.6 Å². The van der Waals surface area contributed by atoms with E-state index in [1.54, 1.807) is 0 Å². The van der Waals surface area contributed by atoms with Crippen molar-refractivity contribution in [3.05, 3.63) is 0 Å². The van der Waals surface area contributed by atoms with Gasteiger partial charge in [-0.25, -0.2) is 5.01 Å². The second kappa shape index (κ2) is 3.30. The first kappa shape index (κ1) is 7.94. The topological polar surface area (TPSA) is 67.3 Å². The highest BCUT2D eigenvalue weighted by atomic mass is 15.4. The zero-order chi connectivity index (χ0) is 7.56. The summed E-state index contributed by atoms with van der Waals surface area (Å²) in [4.78, 5) is 0. The minimum absolute atomic E-state index is 0.316. The van der Waals surface area contributed by atoms with Crippen molar-refractivity contribution < 1.29 is 0 Å². The number of nitrogens with one attached hydrogen (secondary N) is 1. The minimum Gasteiger partial charge on any atom is -0.329 e. The molecule has 2 atom stereocenters. The molecule has 10 heavy (non-hydrogen) atoms. The molecule has 4 nitrogen and oxygen atoms in total. The van der Waals surface area contributed by atoms with E-state index < -0.39 is 0 Å². The average Bonchev–Trinajstić information content (AvgIpc) is 1.88. The Hall–Kier alpha value is -0.160. The Morgan fingerprint density at radius 3 is 2.90 bits per heavy atom. The van der Waals surface area contributed by atoms with Gasteiger partial charge in [0.25, 0.3) is 0 Å². The summed E-state index contributed by atoms with van der Waals surface area (Å²) in [6.07, 6.45) is 0. The highest BCUT2D eigenvalue weighted by Crippen LogP contribution is 1.99. The number of hydrogen-bond donors (Lipinski definition) is 3. The Kier molecular flexibility index (Phi) is 2.62. The molecule has 4 heteroatoms. The predicted molar refractivity (Wildman–Crippen MR) is 41.2 cm³/mol. The van der Waals surface area contributed by atoms with E-state index >= 15 is 0 Å². The van der Waals surface area contributed by atoms with Crippen LogP contribution in [0.25, 0.3) is 0 Å². The molecule has 0 aliphatic carbocycles. The van der Waals surface area contributed by atoms with Gasteiger partial charge in [0.2, 0.25) is 0 Å². The zero-order valence-electron chi connectivity index (χ0n) is 6.38. The van der Waals surface area contributed by atoms with Gasteiger partial charge in [-0.2, -0.15) is 0 Å². The van der Waals surface area contributed by atoms with Crippen LogP contribution < -0.4 is 16.9 Å². The molecule has 0 aromatic carbocycles. The first-order valence-corrected chi connectivity index (χ1v) is 3.69. The highest BCUT2D eigenvalue weighted by Gasteiger charge is 2.21. The van der Waals surface area contributed by atoms with Crippen LogP contribution in [-0.2, 0) is 0 Å². The van der Waals surface area contributed by atoms with Gasteiger partial charge in [-0.3, -0.25) is 5.84 Å². The van der Waals surface area contributed by atoms with E-state index in [-0.39, 0.29) is 0 Å². The second-order valence-corrected chi connectivity index (χ2v) is 2.90. The maximum Gasteiger partial charge on any atom is 0.0488 e. The lowest BCUT2D eigenvalue weighted by Gasteiger charge is -2.35. The molecule has 60 valence electrons. The quantitative estimate of drug-likeness (QED) is 0.391. The Balaban J connectivity index is 2.36. The molecule has 1 aliphatic heterocycles. The van der Waals surface area contributed by atoms with Crippen LogP contribution in [0.4, 0.5) is 0 Å². The molecule has 0 radical (unpaired) electrons. The fraction of sp³-hybridized carbons (Fsp3) is 1.00. The molecule has 0 bridgehead atoms. The third-order valence-corrected chi connectivity index (χ3v) is 1.93. The van der Waals surface area contributed by atoms with Gasteiger partial charge in [-0.05, 0) is 6.92 Å². The van der Waals surface area contributed by atoms with Crippen molar-refractivity contribution in [2.45, 2.75) is 19.0 Å². The predicted octanol–water partition coefficient (Wildman–Crippen LogP) is -1.52. The van der Waals surface area contributed by atoms with Crippen LogP contribution in [0.1, 0.15) is 6.92 Å². The summed E-state index contributed by atoms with van der Waals surface area (Å²) in [6, 6.07) is 0.809. The van der Waals surface area contributed by atoms with Gasteiger partial charge in [0.15, 0.2) is 0 Å². The van der Waals surface area contributed by atoms with E-state index in [4.69, 9.17) is 11.6 Å². The van der Waals surface area contributed by atoms with Crippen LogP contribution in [-0.4, -0.2) is 36.7 Å². The first-order chi connectivity index (χ1) is 4.74. The molecule has 0 aromatic heterocycles. The van der Waals surface area contributed by atoms with Crippen molar-refractivity contribution in [3.8, 4) is 0 Å². The Morgan fingerprint density at radius 1 is 1.70 bits per heavy atom. The van der Waals surface area contributed by atoms with Crippen LogP contribution >= 0.6 is 0 Å². The SMILES string of the molecule is CC1CN(N)C(CN)CN1. The average molecular weight is 144 g/mol. The summed E-state index contributed by atoms with van der Waals surface area (Å²) >= 11 is 0. The van der Waals surface area contributed by atoms with Gasteiger partial charge in [-0.15, -0.1) is 0 Å². The summed E-state index contributed by atoms with van der Waals surface area (Å²) in [5.41, 5.74) is 5.48. The molecule has 1 fully saturated rings. The number of hydrogen-bond acceptors (Lipinski definition) is 4. The lowest BCUT2D eigenvalue weighted by Crippen LogP contribution is -2.60. The van der Waals surface area contributed by atoms with Crippen LogP contribution in [0.3, 0.4) is 0 Å². The lowest BCUT2D eigenvalue weighted by atomic mass is 10.1. The van der Waals surface area contributed by atoms with Crippen LogP contribution in [0.2, 0.25) is 0 Å². The molecular formula is C6H16N4. The van der Waals surface area contributed by atoms with E-state index in [9.17, 15) is 0 Å². The molecule has 1 rings (SSSR count). The summed E-state index contributed by atoms with van der Waals surface area (Å²) in [5.74, 6) is 5.69. The third kappa shape index (κ3) is 1.67. The normalized spacial score (nSPS) is 36.3. The van der Waals surface area contributed by atoms with Gasteiger partial charge in [0, 0.05) is 31.7 Å². The standard InChI is InChI=1S/C6H16N4/c1-5-4-10(8)6(2-7)3-9-5/h5-6,9H,2-4,7-8H2,1H3. The molecule has 0 spiro atoms. The lowest BCUT2D eigenvalue weighted by molar-refractivity contribution is 0.142. The number of hydrazine groups is 1. The maximum absolute atomic E-state index is 5.69. The molecule has 1 aliphatic rings. The third-order valence-electron chi connectivity index (χ3n) is 1.93. The molecule has 2 unspecified atom stereocenters. The first-order valence-electron chi connectivity index (χ1n) is 3.69. The van der Waals surface area contributed by atoms with Crippen LogP contribution in [0.5, 0.6) is 0 Å². The van der Waals surface area contributed by atoms with Crippen LogP contribution in [0, 0.1) is 0 Å². The van der Waals surface area contributed by atoms with E-state index in [2.05, 4.69) is 12.2 Å². The van der Waals surface area contributed by atoms with E-state index in [0.717, 1.165) is 13.1 Å². The fourth-order valence-corrected chi connectivity index (χ4v) is 1.20. The Bertz CT molecular complexity index is 106. The van der Waals surface area contributed by atoms with E-state index in [1.807, 2.05) is 5.01 Å². The summed E-state index contributed by atoms with van der Waals surface area (Å²) < 4.78 is 0. The molecular weight excluding hydrogens is 128 g/mol. The van der Waals surface area contributed by atoms with Crippen molar-refractivity contribution in [2.75, 3.05) is 19.6 Å². The van der Waals surface area contributed by atoms with Crippen LogP contribution in [0.15, 0.2) is 0 Å². The number of nitrogens with zero attached hydrogens (tertiary/aromatic N) is 1. The van der Waals surface area contributed by atoms with E-state index in [0.29, 0.717) is 18.6 Å². The Labute approximate surface area is 61.5 Å². The largest absolute Gasteiger partial charge is 0.329 e. The summed E-state index contributed by atoms with van der Waals surface area (Å²) in [5, 5.41) is 5.13. The van der Waals surface area contributed by atoms with Gasteiger partial charge in [0.05, 0.1) is 0 Å². The van der Waals surface area contributed by atoms with Crippen molar-refractivity contribution in [3.63, 3.8) is 0 Å². The molecule has 1 heterocycles. The van der Waals surface area contributed by atoms with Crippen molar-refractivity contribution >= 4 is 0 Å². The number of rotatable bonds is 1.